The third-order valence-corrected chi connectivity index (χ3v) is 6.28. The summed E-state index contributed by atoms with van der Waals surface area (Å²) in [5.41, 5.74) is 4.52. The molecule has 0 heterocycles. The van der Waals surface area contributed by atoms with Gasteiger partial charge < -0.3 is 10.6 Å². The largest absolute Gasteiger partial charge is 0.353 e. The number of benzene rings is 2. The predicted molar refractivity (Wildman–Crippen MR) is 125 cm³/mol. The number of aliphatic imine (C=N–C) groups is 1. The maximum atomic E-state index is 11.7. The van der Waals surface area contributed by atoms with Crippen molar-refractivity contribution in [3.05, 3.63) is 64.7 Å². The van der Waals surface area contributed by atoms with Gasteiger partial charge in [-0.15, -0.1) is 24.0 Å². The fraction of sp³-hybridized carbons (Fsp3) is 0.381. The second kappa shape index (κ2) is 9.26. The quantitative estimate of drug-likeness (QED) is 0.365. The summed E-state index contributed by atoms with van der Waals surface area (Å²) in [6, 6.07) is 14.3. The van der Waals surface area contributed by atoms with Gasteiger partial charge in [0.1, 0.15) is 0 Å². The van der Waals surface area contributed by atoms with Gasteiger partial charge in [-0.05, 0) is 48.6 Å². The molecular weight excluding hydrogens is 485 g/mol. The molecule has 2 aromatic carbocycles. The molecule has 3 rings (SSSR count). The van der Waals surface area contributed by atoms with E-state index in [0.717, 1.165) is 23.5 Å². The van der Waals surface area contributed by atoms with Crippen LogP contribution in [0.1, 0.15) is 34.6 Å². The Hall–Kier alpha value is -1.61. The molecule has 0 bridgehead atoms. The minimum atomic E-state index is -3.19. The Morgan fingerprint density at radius 2 is 1.86 bits per heavy atom. The number of aryl methyl sites for hydroxylation is 2. The molecule has 2 unspecified atom stereocenters. The summed E-state index contributed by atoms with van der Waals surface area (Å²) < 4.78 is 23.5. The highest BCUT2D eigenvalue weighted by atomic mass is 127. The van der Waals surface area contributed by atoms with Crippen molar-refractivity contribution in [2.24, 2.45) is 4.99 Å². The zero-order chi connectivity index (χ0) is 19.6. The van der Waals surface area contributed by atoms with Crippen LogP contribution in [0.2, 0.25) is 0 Å². The first kappa shape index (κ1) is 22.7. The van der Waals surface area contributed by atoms with E-state index in [1.54, 1.807) is 13.1 Å². The highest BCUT2D eigenvalue weighted by Crippen LogP contribution is 2.42. The van der Waals surface area contributed by atoms with Crippen molar-refractivity contribution < 1.29 is 8.42 Å². The molecule has 1 saturated carbocycles. The summed E-state index contributed by atoms with van der Waals surface area (Å²) >= 11 is 0. The normalized spacial score (nSPS) is 18.9. The summed E-state index contributed by atoms with van der Waals surface area (Å²) in [6.45, 7) is 4.57. The molecule has 7 heteroatoms. The van der Waals surface area contributed by atoms with Crippen LogP contribution in [0.4, 0.5) is 0 Å². The molecule has 0 saturated heterocycles. The first-order chi connectivity index (χ1) is 12.8. The number of rotatable bonds is 5. The van der Waals surface area contributed by atoms with Crippen LogP contribution in [0, 0.1) is 13.8 Å². The Morgan fingerprint density at radius 3 is 2.46 bits per heavy atom. The molecule has 0 amide bonds. The Bertz CT molecular complexity index is 973. The standard InChI is InChI=1S/C21H27N3O2S.HI/c1-14-7-5-6-8-17(14)18-12-19(18)24-21(22-3)23-13-16-9-10-20(15(2)11-16)27(4,25)26;/h5-11,18-19H,12-13H2,1-4H3,(H2,22,23,24);1H. The van der Waals surface area contributed by atoms with Crippen molar-refractivity contribution in [2.75, 3.05) is 13.3 Å². The summed E-state index contributed by atoms with van der Waals surface area (Å²) in [7, 11) is -1.42. The molecule has 28 heavy (non-hydrogen) atoms. The van der Waals surface area contributed by atoms with E-state index in [2.05, 4.69) is 46.8 Å². The number of nitrogens with one attached hydrogen (secondary N) is 2. The summed E-state index contributed by atoms with van der Waals surface area (Å²) in [5.74, 6) is 1.29. The Morgan fingerprint density at radius 1 is 1.14 bits per heavy atom. The van der Waals surface area contributed by atoms with Gasteiger partial charge in [0.2, 0.25) is 0 Å². The van der Waals surface area contributed by atoms with Crippen LogP contribution in [0.25, 0.3) is 0 Å². The van der Waals surface area contributed by atoms with Crippen LogP contribution in [0.15, 0.2) is 52.4 Å². The zero-order valence-electron chi connectivity index (χ0n) is 16.7. The van der Waals surface area contributed by atoms with E-state index in [1.807, 2.05) is 19.1 Å². The lowest BCUT2D eigenvalue weighted by molar-refractivity contribution is 0.601. The van der Waals surface area contributed by atoms with Gasteiger partial charge in [-0.3, -0.25) is 4.99 Å². The fourth-order valence-electron chi connectivity index (χ4n) is 3.49. The Labute approximate surface area is 185 Å². The highest BCUT2D eigenvalue weighted by molar-refractivity contribution is 14.0. The van der Waals surface area contributed by atoms with Gasteiger partial charge >= 0.3 is 0 Å². The van der Waals surface area contributed by atoms with Gasteiger partial charge in [-0.25, -0.2) is 8.42 Å². The lowest BCUT2D eigenvalue weighted by Crippen LogP contribution is -2.38. The maximum absolute atomic E-state index is 11.7. The molecule has 0 radical (unpaired) electrons. The van der Waals surface area contributed by atoms with Crippen molar-refractivity contribution >= 4 is 39.8 Å². The van der Waals surface area contributed by atoms with Crippen molar-refractivity contribution in [3.63, 3.8) is 0 Å². The molecule has 5 nitrogen and oxygen atoms in total. The third kappa shape index (κ3) is 5.47. The van der Waals surface area contributed by atoms with E-state index in [4.69, 9.17) is 0 Å². The Balaban J connectivity index is 0.00000280. The summed E-state index contributed by atoms with van der Waals surface area (Å²) in [4.78, 5) is 4.69. The van der Waals surface area contributed by atoms with Crippen LogP contribution in [-0.4, -0.2) is 33.7 Å². The minimum Gasteiger partial charge on any atom is -0.353 e. The van der Waals surface area contributed by atoms with E-state index >= 15 is 0 Å². The van der Waals surface area contributed by atoms with Gasteiger partial charge in [0.15, 0.2) is 15.8 Å². The zero-order valence-corrected chi connectivity index (χ0v) is 19.8. The molecule has 2 atom stereocenters. The number of sulfone groups is 1. The second-order valence-electron chi connectivity index (χ2n) is 7.25. The van der Waals surface area contributed by atoms with E-state index < -0.39 is 9.84 Å². The molecule has 0 spiro atoms. The third-order valence-electron chi connectivity index (χ3n) is 5.02. The average molecular weight is 513 g/mol. The van der Waals surface area contributed by atoms with Gasteiger partial charge in [-0.1, -0.05) is 36.4 Å². The highest BCUT2D eigenvalue weighted by Gasteiger charge is 2.39. The van der Waals surface area contributed by atoms with E-state index in [-0.39, 0.29) is 24.0 Å². The van der Waals surface area contributed by atoms with Crippen LogP contribution >= 0.6 is 24.0 Å². The summed E-state index contributed by atoms with van der Waals surface area (Å²) in [5, 5.41) is 6.80. The van der Waals surface area contributed by atoms with E-state index in [0.29, 0.717) is 23.4 Å². The van der Waals surface area contributed by atoms with Gasteiger partial charge in [0, 0.05) is 31.8 Å². The average Bonchev–Trinajstić information content (AvgIpc) is 3.36. The molecule has 0 aliphatic heterocycles. The number of nitrogens with zero attached hydrogens (tertiary/aromatic N) is 1. The molecule has 0 aromatic heterocycles. The maximum Gasteiger partial charge on any atom is 0.191 e. The van der Waals surface area contributed by atoms with Gasteiger partial charge in [0.25, 0.3) is 0 Å². The number of hydrogen-bond acceptors (Lipinski definition) is 3. The molecule has 1 aliphatic carbocycles. The van der Waals surface area contributed by atoms with Crippen molar-refractivity contribution in [3.8, 4) is 0 Å². The topological polar surface area (TPSA) is 70.6 Å². The van der Waals surface area contributed by atoms with Gasteiger partial charge in [0.05, 0.1) is 4.90 Å². The van der Waals surface area contributed by atoms with Crippen LogP contribution in [0.5, 0.6) is 0 Å². The van der Waals surface area contributed by atoms with Crippen LogP contribution in [0.3, 0.4) is 0 Å². The lowest BCUT2D eigenvalue weighted by atomic mass is 10.0. The number of hydrogen-bond donors (Lipinski definition) is 2. The number of guanidine groups is 1. The molecule has 2 N–H and O–H groups in total. The van der Waals surface area contributed by atoms with E-state index in [1.165, 1.54) is 17.4 Å². The lowest BCUT2D eigenvalue weighted by Gasteiger charge is -2.13. The molecule has 1 aliphatic rings. The van der Waals surface area contributed by atoms with Crippen molar-refractivity contribution in [2.45, 2.75) is 43.7 Å². The fourth-order valence-corrected chi connectivity index (χ4v) is 4.45. The minimum absolute atomic E-state index is 0. The van der Waals surface area contributed by atoms with Gasteiger partial charge in [-0.2, -0.15) is 0 Å². The van der Waals surface area contributed by atoms with Crippen LogP contribution in [-0.2, 0) is 16.4 Å². The molecular formula is C21H28IN3O2S. The monoisotopic (exact) mass is 513 g/mol. The predicted octanol–water partition coefficient (Wildman–Crippen LogP) is 3.55. The molecule has 1 fully saturated rings. The second-order valence-corrected chi connectivity index (χ2v) is 9.23. The molecule has 152 valence electrons. The summed E-state index contributed by atoms with van der Waals surface area (Å²) in [6.07, 6.45) is 2.34. The molecule has 2 aromatic rings. The van der Waals surface area contributed by atoms with Crippen LogP contribution < -0.4 is 10.6 Å². The SMILES string of the molecule is CN=C(NCc1ccc(S(C)(=O)=O)c(C)c1)NC1CC1c1ccccc1C.I. The smallest absolute Gasteiger partial charge is 0.191 e. The first-order valence-electron chi connectivity index (χ1n) is 9.12. The van der Waals surface area contributed by atoms with Crippen molar-refractivity contribution in [1.82, 2.24) is 10.6 Å². The number of halogens is 1. The Kier molecular flexibility index (Phi) is 7.50. The van der Waals surface area contributed by atoms with E-state index in [9.17, 15) is 8.42 Å². The first-order valence-corrected chi connectivity index (χ1v) is 11.0. The van der Waals surface area contributed by atoms with Crippen molar-refractivity contribution in [1.29, 1.82) is 0 Å².